The van der Waals surface area contributed by atoms with E-state index in [0.717, 1.165) is 12.8 Å². The van der Waals surface area contributed by atoms with Gasteiger partial charge in [-0.25, -0.2) is 0 Å². The van der Waals surface area contributed by atoms with Gasteiger partial charge in [-0.05, 0) is 36.5 Å². The molecule has 19 heavy (non-hydrogen) atoms. The van der Waals surface area contributed by atoms with E-state index >= 15 is 0 Å². The van der Waals surface area contributed by atoms with Crippen LogP contribution >= 0.6 is 12.4 Å². The molecule has 0 saturated heterocycles. The smallest absolute Gasteiger partial charge is 0.395 e. The lowest BCUT2D eigenvalue weighted by Crippen LogP contribution is -2.27. The lowest BCUT2D eigenvalue weighted by atomic mass is 9.99. The molecule has 1 aliphatic carbocycles. The number of aliphatic hydroxyl groups is 1. The molecule has 1 aromatic carbocycles. The predicted molar refractivity (Wildman–Crippen MR) is 65.6 cm³/mol. The molecular formula is C12H14ClF2NO3. The van der Waals surface area contributed by atoms with Gasteiger partial charge in [-0.1, -0.05) is 6.07 Å². The molecular weight excluding hydrogens is 280 g/mol. The van der Waals surface area contributed by atoms with Crippen LogP contribution in [0.25, 0.3) is 0 Å². The minimum Gasteiger partial charge on any atom is -0.395 e. The van der Waals surface area contributed by atoms with Crippen LogP contribution in [0.2, 0.25) is 0 Å². The average molecular weight is 294 g/mol. The first kappa shape index (κ1) is 14.3. The molecule has 0 bridgehead atoms. The highest BCUT2D eigenvalue weighted by atomic mass is 35.5. The fraction of sp³-hybridized carbons (Fsp3) is 0.500. The van der Waals surface area contributed by atoms with E-state index in [2.05, 4.69) is 9.47 Å². The second-order valence-electron chi connectivity index (χ2n) is 4.73. The topological polar surface area (TPSA) is 64.7 Å². The quantitative estimate of drug-likeness (QED) is 0.897. The van der Waals surface area contributed by atoms with Crippen molar-refractivity contribution in [3.05, 3.63) is 23.8 Å². The number of alkyl halides is 2. The summed E-state index contributed by atoms with van der Waals surface area (Å²) in [6.07, 6.45) is -2.36. The molecule has 1 aliphatic heterocycles. The van der Waals surface area contributed by atoms with Gasteiger partial charge in [0.1, 0.15) is 0 Å². The van der Waals surface area contributed by atoms with Gasteiger partial charge in [0.25, 0.3) is 0 Å². The molecule has 1 saturated carbocycles. The molecule has 7 heteroatoms. The van der Waals surface area contributed by atoms with Gasteiger partial charge in [-0.2, -0.15) is 0 Å². The highest BCUT2D eigenvalue weighted by Gasteiger charge is 2.44. The third kappa shape index (κ3) is 2.75. The van der Waals surface area contributed by atoms with E-state index in [0.29, 0.717) is 5.56 Å². The highest BCUT2D eigenvalue weighted by molar-refractivity contribution is 5.85. The predicted octanol–water partition coefficient (Wildman–Crippen LogP) is 2.20. The second-order valence-corrected chi connectivity index (χ2v) is 4.73. The molecule has 0 amide bonds. The monoisotopic (exact) mass is 293 g/mol. The summed E-state index contributed by atoms with van der Waals surface area (Å²) in [5.74, 6) is 0.152. The zero-order chi connectivity index (χ0) is 12.9. The minimum atomic E-state index is -3.62. The first-order chi connectivity index (χ1) is 8.46. The molecule has 1 heterocycles. The van der Waals surface area contributed by atoms with Crippen LogP contribution in [-0.4, -0.2) is 17.5 Å². The zero-order valence-corrected chi connectivity index (χ0v) is 10.7. The van der Waals surface area contributed by atoms with Crippen LogP contribution in [0.5, 0.6) is 11.5 Å². The number of hydrogen-bond donors (Lipinski definition) is 2. The lowest BCUT2D eigenvalue weighted by Gasteiger charge is -2.18. The van der Waals surface area contributed by atoms with Crippen LogP contribution in [0.15, 0.2) is 18.2 Å². The number of benzene rings is 1. The van der Waals surface area contributed by atoms with E-state index in [4.69, 9.17) is 5.73 Å². The Kier molecular flexibility index (Phi) is 3.59. The van der Waals surface area contributed by atoms with Crippen LogP contribution in [0.1, 0.15) is 24.4 Å². The van der Waals surface area contributed by atoms with Gasteiger partial charge in [-0.3, -0.25) is 0 Å². The van der Waals surface area contributed by atoms with Gasteiger partial charge in [0, 0.05) is 0 Å². The molecule has 2 atom stereocenters. The molecule has 4 nitrogen and oxygen atoms in total. The number of hydrogen-bond acceptors (Lipinski definition) is 4. The Bertz CT molecular complexity index is 482. The maximum Gasteiger partial charge on any atom is 0.586 e. The van der Waals surface area contributed by atoms with Gasteiger partial charge < -0.3 is 20.3 Å². The van der Waals surface area contributed by atoms with Crippen molar-refractivity contribution >= 4 is 12.4 Å². The van der Waals surface area contributed by atoms with Crippen molar-refractivity contribution in [2.45, 2.75) is 31.3 Å². The Morgan fingerprint density at radius 2 is 1.89 bits per heavy atom. The molecule has 0 radical (unpaired) electrons. The van der Waals surface area contributed by atoms with Crippen molar-refractivity contribution < 1.29 is 23.4 Å². The summed E-state index contributed by atoms with van der Waals surface area (Å²) < 4.78 is 34.3. The van der Waals surface area contributed by atoms with E-state index in [1.807, 2.05) is 0 Å². The van der Waals surface area contributed by atoms with Crippen LogP contribution in [0, 0.1) is 5.92 Å². The van der Waals surface area contributed by atoms with Crippen LogP contribution in [-0.2, 0) is 0 Å². The number of rotatable bonds is 3. The van der Waals surface area contributed by atoms with E-state index in [1.165, 1.54) is 12.1 Å². The molecule has 106 valence electrons. The first-order valence-corrected chi connectivity index (χ1v) is 5.80. The van der Waals surface area contributed by atoms with Crippen LogP contribution < -0.4 is 15.2 Å². The van der Waals surface area contributed by atoms with Crippen LogP contribution in [0.3, 0.4) is 0 Å². The Morgan fingerprint density at radius 3 is 2.53 bits per heavy atom. The largest absolute Gasteiger partial charge is 0.586 e. The van der Waals surface area contributed by atoms with Crippen molar-refractivity contribution in [2.75, 3.05) is 0 Å². The third-order valence-corrected chi connectivity index (χ3v) is 3.28. The SMILES string of the molecule is Cl.N[C@@H](c1ccc2c(c1)OC(F)(F)O2)[C@H](O)C1CC1. The molecule has 3 rings (SSSR count). The van der Waals surface area contributed by atoms with Crippen molar-refractivity contribution in [3.63, 3.8) is 0 Å². The van der Waals surface area contributed by atoms with E-state index in [9.17, 15) is 13.9 Å². The zero-order valence-electron chi connectivity index (χ0n) is 9.88. The Morgan fingerprint density at radius 1 is 1.26 bits per heavy atom. The van der Waals surface area contributed by atoms with E-state index in [-0.39, 0.29) is 29.8 Å². The van der Waals surface area contributed by atoms with Crippen molar-refractivity contribution in [3.8, 4) is 11.5 Å². The van der Waals surface area contributed by atoms with Gasteiger partial charge in [0.2, 0.25) is 0 Å². The normalized spacial score (nSPS) is 22.5. The number of nitrogens with two attached hydrogens (primary N) is 1. The van der Waals surface area contributed by atoms with Gasteiger partial charge in [0.05, 0.1) is 12.1 Å². The van der Waals surface area contributed by atoms with Crippen LogP contribution in [0.4, 0.5) is 8.78 Å². The van der Waals surface area contributed by atoms with Gasteiger partial charge in [0.15, 0.2) is 11.5 Å². The molecule has 1 fully saturated rings. The Balaban J connectivity index is 0.00000133. The maximum atomic E-state index is 12.8. The van der Waals surface area contributed by atoms with Crippen molar-refractivity contribution in [2.24, 2.45) is 11.7 Å². The number of halogens is 3. The van der Waals surface area contributed by atoms with E-state index in [1.54, 1.807) is 6.07 Å². The summed E-state index contributed by atoms with van der Waals surface area (Å²) in [6.45, 7) is 0. The minimum absolute atomic E-state index is 0. The summed E-state index contributed by atoms with van der Waals surface area (Å²) in [5, 5.41) is 9.92. The molecule has 3 N–H and O–H groups in total. The summed E-state index contributed by atoms with van der Waals surface area (Å²) >= 11 is 0. The van der Waals surface area contributed by atoms with Crippen molar-refractivity contribution in [1.82, 2.24) is 0 Å². The fourth-order valence-electron chi connectivity index (χ4n) is 2.10. The molecule has 1 aromatic rings. The maximum absolute atomic E-state index is 12.8. The molecule has 2 aliphatic rings. The van der Waals surface area contributed by atoms with E-state index < -0.39 is 18.4 Å². The van der Waals surface area contributed by atoms with Crippen molar-refractivity contribution in [1.29, 1.82) is 0 Å². The Hall–Kier alpha value is -1.11. The first-order valence-electron chi connectivity index (χ1n) is 5.80. The highest BCUT2D eigenvalue weighted by Crippen LogP contribution is 2.43. The molecule has 0 spiro atoms. The third-order valence-electron chi connectivity index (χ3n) is 3.28. The number of fused-ring (bicyclic) bond motifs is 1. The number of ether oxygens (including phenoxy) is 2. The van der Waals surface area contributed by atoms with Gasteiger partial charge in [-0.15, -0.1) is 21.2 Å². The Labute approximate surface area is 114 Å². The second kappa shape index (κ2) is 4.77. The molecule has 0 unspecified atom stereocenters. The average Bonchev–Trinajstić information content (AvgIpc) is 3.08. The molecule has 0 aromatic heterocycles. The summed E-state index contributed by atoms with van der Waals surface area (Å²) in [6, 6.07) is 3.75. The lowest BCUT2D eigenvalue weighted by molar-refractivity contribution is -0.286. The van der Waals surface area contributed by atoms with Gasteiger partial charge >= 0.3 is 6.29 Å². The number of aliphatic hydroxyl groups excluding tert-OH is 1. The summed E-state index contributed by atoms with van der Waals surface area (Å²) in [7, 11) is 0. The summed E-state index contributed by atoms with van der Waals surface area (Å²) in [4.78, 5) is 0. The summed E-state index contributed by atoms with van der Waals surface area (Å²) in [5.41, 5.74) is 6.47. The fourth-order valence-corrected chi connectivity index (χ4v) is 2.10. The standard InChI is InChI=1S/C12H13F2NO3.ClH/c13-12(14)17-8-4-3-7(5-9(8)18-12)10(15)11(16)6-1-2-6;/h3-6,10-11,16H,1-2,15H2;1H/t10-,11+;/m0./s1.